The third-order valence-electron chi connectivity index (χ3n) is 6.42. The number of nitrogens with one attached hydrogen (secondary N) is 1. The van der Waals surface area contributed by atoms with E-state index in [4.69, 9.17) is 15.2 Å². The number of urea groups is 1. The van der Waals surface area contributed by atoms with E-state index in [9.17, 15) is 24.0 Å². The topological polar surface area (TPSA) is 150 Å². The van der Waals surface area contributed by atoms with Crippen molar-refractivity contribution in [2.45, 2.75) is 22.7 Å². The minimum absolute atomic E-state index is 0.307. The first kappa shape index (κ1) is 25.5. The lowest BCUT2D eigenvalue weighted by Gasteiger charge is -2.30. The molecule has 11 nitrogen and oxygen atoms in total. The monoisotopic (exact) mass is 554 g/mol. The largest absolute Gasteiger partial charge is 0.497 e. The summed E-state index contributed by atoms with van der Waals surface area (Å²) in [6.07, 6.45) is 0. The number of imide groups is 3. The summed E-state index contributed by atoms with van der Waals surface area (Å²) >= 11 is 1.91. The first-order chi connectivity index (χ1) is 18.2. The smallest absolute Gasteiger partial charge is 0.328 e. The molecule has 2 unspecified atom stereocenters. The highest BCUT2D eigenvalue weighted by Crippen LogP contribution is 2.53. The second-order valence-corrected chi connectivity index (χ2v) is 10.7. The van der Waals surface area contributed by atoms with Gasteiger partial charge in [-0.25, -0.2) is 4.79 Å². The van der Waals surface area contributed by atoms with Gasteiger partial charge in [-0.15, -0.1) is 0 Å². The molecule has 0 saturated carbocycles. The van der Waals surface area contributed by atoms with Crippen LogP contribution in [0.5, 0.6) is 11.5 Å². The summed E-state index contributed by atoms with van der Waals surface area (Å²) in [4.78, 5) is 64.9. The van der Waals surface area contributed by atoms with Crippen molar-refractivity contribution in [2.24, 2.45) is 11.7 Å². The molecule has 3 atom stereocenters. The number of carbonyl (C=O) groups is 4. The number of thioether (sulfide) groups is 1. The number of benzene rings is 2. The molecule has 5 rings (SSSR count). The SMILES string of the molecule is COc1ccc(NC(=O)Cn2c3c(sc2=O)[C@@H](c2ccc(OC)cc2)C2C(=O)N(C(N)=O)C(=O)C2S3)cc1. The van der Waals surface area contributed by atoms with E-state index in [1.54, 1.807) is 48.5 Å². The van der Waals surface area contributed by atoms with Gasteiger partial charge < -0.3 is 20.5 Å². The van der Waals surface area contributed by atoms with E-state index in [1.807, 2.05) is 0 Å². The maximum Gasteiger partial charge on any atom is 0.328 e. The lowest BCUT2D eigenvalue weighted by Crippen LogP contribution is -2.41. The van der Waals surface area contributed by atoms with Gasteiger partial charge in [-0.1, -0.05) is 35.2 Å². The second-order valence-electron chi connectivity index (χ2n) is 8.57. The van der Waals surface area contributed by atoms with Crippen molar-refractivity contribution in [3.8, 4) is 11.5 Å². The molecule has 1 fully saturated rings. The predicted octanol–water partition coefficient (Wildman–Crippen LogP) is 2.24. The quantitative estimate of drug-likeness (QED) is 0.441. The molecule has 5 amide bonds. The Hall–Kier alpha value is -4.10. The number of primary amides is 1. The van der Waals surface area contributed by atoms with Crippen LogP contribution >= 0.6 is 23.1 Å². The summed E-state index contributed by atoms with van der Waals surface area (Å²) in [7, 11) is 3.06. The van der Waals surface area contributed by atoms with E-state index in [1.165, 1.54) is 18.8 Å². The predicted molar refractivity (Wildman–Crippen MR) is 140 cm³/mol. The molecule has 2 aliphatic rings. The van der Waals surface area contributed by atoms with Gasteiger partial charge in [-0.05, 0) is 42.0 Å². The summed E-state index contributed by atoms with van der Waals surface area (Å²) in [6, 6.07) is 12.5. The number of fused-ring (bicyclic) bond motifs is 2. The summed E-state index contributed by atoms with van der Waals surface area (Å²) in [5.74, 6) is -2.33. The number of ether oxygens (including phenoxy) is 2. The average molecular weight is 555 g/mol. The molecular weight excluding hydrogens is 532 g/mol. The molecule has 13 heteroatoms. The average Bonchev–Trinajstić information content (AvgIpc) is 3.35. The lowest BCUT2D eigenvalue weighted by atomic mass is 9.83. The van der Waals surface area contributed by atoms with Crippen LogP contribution in [0.15, 0.2) is 58.4 Å². The van der Waals surface area contributed by atoms with E-state index in [-0.39, 0.29) is 6.54 Å². The molecule has 0 bridgehead atoms. The molecular formula is C25H22N4O7S2. The van der Waals surface area contributed by atoms with Crippen LogP contribution in [0.25, 0.3) is 0 Å². The van der Waals surface area contributed by atoms with Gasteiger partial charge in [0.15, 0.2) is 0 Å². The van der Waals surface area contributed by atoms with Crippen LogP contribution in [0.2, 0.25) is 0 Å². The van der Waals surface area contributed by atoms with Gasteiger partial charge in [0.2, 0.25) is 11.8 Å². The van der Waals surface area contributed by atoms with Gasteiger partial charge in [0.1, 0.15) is 23.3 Å². The Kier molecular flexibility index (Phi) is 6.71. The molecule has 1 aromatic heterocycles. The number of hydrogen-bond donors (Lipinski definition) is 2. The van der Waals surface area contributed by atoms with Gasteiger partial charge >= 0.3 is 10.9 Å². The van der Waals surface area contributed by atoms with Gasteiger partial charge in [0, 0.05) is 16.5 Å². The Bertz CT molecular complexity index is 1500. The minimum Gasteiger partial charge on any atom is -0.497 e. The molecule has 0 aliphatic carbocycles. The van der Waals surface area contributed by atoms with Crippen molar-refractivity contribution in [2.75, 3.05) is 19.5 Å². The number of aromatic nitrogens is 1. The van der Waals surface area contributed by atoms with Crippen molar-refractivity contribution in [3.63, 3.8) is 0 Å². The normalized spacial score (nSPS) is 20.1. The zero-order valence-electron chi connectivity index (χ0n) is 20.2. The van der Waals surface area contributed by atoms with Crippen LogP contribution in [0, 0.1) is 5.92 Å². The number of rotatable bonds is 6. The molecule has 0 radical (unpaired) electrons. The first-order valence-electron chi connectivity index (χ1n) is 11.4. The third-order valence-corrected chi connectivity index (χ3v) is 9.02. The second kappa shape index (κ2) is 9.99. The van der Waals surface area contributed by atoms with Crippen LogP contribution < -0.4 is 25.4 Å². The summed E-state index contributed by atoms with van der Waals surface area (Å²) in [5.41, 5.74) is 6.53. The number of methoxy groups -OCH3 is 2. The van der Waals surface area contributed by atoms with E-state index in [2.05, 4.69) is 5.32 Å². The van der Waals surface area contributed by atoms with Gasteiger partial charge in [0.25, 0.3) is 5.91 Å². The lowest BCUT2D eigenvalue weighted by molar-refractivity contribution is -0.135. The molecule has 3 heterocycles. The number of nitrogens with zero attached hydrogens (tertiary/aromatic N) is 2. The minimum atomic E-state index is -1.15. The van der Waals surface area contributed by atoms with Crippen LogP contribution in [0.4, 0.5) is 10.5 Å². The number of thiazole rings is 1. The summed E-state index contributed by atoms with van der Waals surface area (Å²) < 4.78 is 11.6. The molecule has 3 N–H and O–H groups in total. The Morgan fingerprint density at radius 2 is 1.55 bits per heavy atom. The summed E-state index contributed by atoms with van der Waals surface area (Å²) in [6.45, 7) is -0.307. The highest BCUT2D eigenvalue weighted by Gasteiger charge is 2.57. The number of nitrogens with two attached hydrogens (primary N) is 1. The molecule has 2 aliphatic heterocycles. The number of likely N-dealkylation sites (tertiary alicyclic amines) is 1. The highest BCUT2D eigenvalue weighted by atomic mass is 32.2. The summed E-state index contributed by atoms with van der Waals surface area (Å²) in [5, 5.41) is 2.16. The zero-order chi connectivity index (χ0) is 27.1. The maximum absolute atomic E-state index is 13.2. The number of hydrogen-bond acceptors (Lipinski definition) is 9. The fourth-order valence-corrected chi connectivity index (χ4v) is 7.43. The maximum atomic E-state index is 13.2. The van der Waals surface area contributed by atoms with Gasteiger partial charge in [0.05, 0.1) is 25.2 Å². The molecule has 0 spiro atoms. The van der Waals surface area contributed by atoms with E-state index >= 15 is 0 Å². The fraction of sp³-hybridized carbons (Fsp3) is 0.240. The highest BCUT2D eigenvalue weighted by molar-refractivity contribution is 8.00. The van der Waals surface area contributed by atoms with Crippen molar-refractivity contribution in [1.82, 2.24) is 9.47 Å². The number of carbonyl (C=O) groups excluding carboxylic acids is 4. The van der Waals surface area contributed by atoms with Crippen molar-refractivity contribution >= 4 is 52.5 Å². The van der Waals surface area contributed by atoms with Crippen molar-refractivity contribution < 1.29 is 28.7 Å². The molecule has 1 saturated heterocycles. The van der Waals surface area contributed by atoms with Crippen LogP contribution in [0.3, 0.4) is 0 Å². The Morgan fingerprint density at radius 1 is 0.947 bits per heavy atom. The Labute approximate surface area is 224 Å². The van der Waals surface area contributed by atoms with E-state index in [0.29, 0.717) is 37.6 Å². The van der Waals surface area contributed by atoms with E-state index < -0.39 is 45.7 Å². The fourth-order valence-electron chi connectivity index (χ4n) is 4.66. The van der Waals surface area contributed by atoms with Crippen molar-refractivity contribution in [1.29, 1.82) is 0 Å². The van der Waals surface area contributed by atoms with Gasteiger partial charge in [-0.2, -0.15) is 4.90 Å². The van der Waals surface area contributed by atoms with Crippen LogP contribution in [-0.4, -0.2) is 52.7 Å². The number of anilines is 1. The third kappa shape index (κ3) is 4.33. The number of amides is 5. The van der Waals surface area contributed by atoms with Crippen LogP contribution in [0.1, 0.15) is 16.4 Å². The van der Waals surface area contributed by atoms with Crippen molar-refractivity contribution in [3.05, 3.63) is 68.6 Å². The van der Waals surface area contributed by atoms with Gasteiger partial charge in [-0.3, -0.25) is 23.7 Å². The molecule has 3 aromatic rings. The Balaban J connectivity index is 1.53. The van der Waals surface area contributed by atoms with Crippen LogP contribution in [-0.2, 0) is 20.9 Å². The molecule has 2 aromatic carbocycles. The first-order valence-corrected chi connectivity index (χ1v) is 13.1. The zero-order valence-corrected chi connectivity index (χ0v) is 21.8. The molecule has 38 heavy (non-hydrogen) atoms. The molecule has 196 valence electrons. The standard InChI is InChI=1S/C25H22N4O7S2/c1-35-14-7-3-12(4-8-14)17-18-19(22(32)29(21(18)31)24(26)33)37-23-20(17)38-25(34)28(23)11-16(30)27-13-5-9-15(36-2)10-6-13/h3-10,17-19H,11H2,1-2H3,(H2,26,33)(H,27,30)/t17-,18?,19?/m0/s1. The Morgan fingerprint density at radius 3 is 2.13 bits per heavy atom. The van der Waals surface area contributed by atoms with E-state index in [0.717, 1.165) is 23.1 Å².